The van der Waals surface area contributed by atoms with Crippen molar-refractivity contribution in [2.75, 3.05) is 18.0 Å². The van der Waals surface area contributed by atoms with Gasteiger partial charge in [-0.2, -0.15) is 0 Å². The second kappa shape index (κ2) is 6.06. The van der Waals surface area contributed by atoms with Crippen LogP contribution >= 0.6 is 11.6 Å². The third-order valence-corrected chi connectivity index (χ3v) is 3.91. The molecule has 4 nitrogen and oxygen atoms in total. The molecule has 0 aromatic heterocycles. The van der Waals surface area contributed by atoms with Gasteiger partial charge in [0.2, 0.25) is 5.91 Å². The average Bonchev–Trinajstić information content (AvgIpc) is 2.39. The lowest BCUT2D eigenvalue weighted by molar-refractivity contribution is -0.119. The van der Waals surface area contributed by atoms with E-state index in [1.807, 2.05) is 12.1 Å². The summed E-state index contributed by atoms with van der Waals surface area (Å²) in [7, 11) is 0. The number of carbonyl (C=O) groups is 2. The van der Waals surface area contributed by atoms with Crippen molar-refractivity contribution in [2.24, 2.45) is 11.7 Å². The molecular formula is C14H17ClN2O2. The summed E-state index contributed by atoms with van der Waals surface area (Å²) in [5.74, 6) is 0.162. The van der Waals surface area contributed by atoms with Crippen LogP contribution in [-0.2, 0) is 4.79 Å². The van der Waals surface area contributed by atoms with Gasteiger partial charge in [-0.3, -0.25) is 9.59 Å². The van der Waals surface area contributed by atoms with Gasteiger partial charge in [0.05, 0.1) is 5.02 Å². The van der Waals surface area contributed by atoms with Crippen molar-refractivity contribution in [2.45, 2.75) is 19.3 Å². The molecule has 1 amide bonds. The predicted molar refractivity (Wildman–Crippen MR) is 75.6 cm³/mol. The zero-order valence-corrected chi connectivity index (χ0v) is 11.4. The molecule has 5 heteroatoms. The second-order valence-electron chi connectivity index (χ2n) is 4.92. The number of anilines is 1. The molecule has 1 fully saturated rings. The lowest BCUT2D eigenvalue weighted by atomic mass is 9.93. The Morgan fingerprint density at radius 1 is 1.42 bits per heavy atom. The first-order valence-corrected chi connectivity index (χ1v) is 6.76. The van der Waals surface area contributed by atoms with Gasteiger partial charge < -0.3 is 10.6 Å². The van der Waals surface area contributed by atoms with E-state index in [-0.39, 0.29) is 5.91 Å². The molecule has 19 heavy (non-hydrogen) atoms. The molecule has 1 aliphatic rings. The minimum atomic E-state index is -0.225. The van der Waals surface area contributed by atoms with Crippen molar-refractivity contribution in [1.29, 1.82) is 0 Å². The van der Waals surface area contributed by atoms with E-state index in [2.05, 4.69) is 4.90 Å². The summed E-state index contributed by atoms with van der Waals surface area (Å²) < 4.78 is 0. The number of rotatable bonds is 4. The van der Waals surface area contributed by atoms with E-state index in [1.165, 1.54) is 0 Å². The van der Waals surface area contributed by atoms with Crippen LogP contribution in [0.2, 0.25) is 5.02 Å². The Hall–Kier alpha value is -1.55. The van der Waals surface area contributed by atoms with E-state index < -0.39 is 0 Å². The van der Waals surface area contributed by atoms with Gasteiger partial charge in [0, 0.05) is 30.8 Å². The quantitative estimate of drug-likeness (QED) is 0.861. The molecule has 0 unspecified atom stereocenters. The number of hydrogen-bond donors (Lipinski definition) is 1. The number of nitrogens with zero attached hydrogens (tertiary/aromatic N) is 1. The number of carbonyl (C=O) groups excluding carboxylic acids is 2. The third kappa shape index (κ3) is 3.47. The number of benzene rings is 1. The number of hydrogen-bond acceptors (Lipinski definition) is 3. The SMILES string of the molecule is NC(=O)CC1CCN(c2ccc(C=O)c(Cl)c2)CC1. The number of halogens is 1. The molecule has 0 bridgehead atoms. The van der Waals surface area contributed by atoms with Crippen LogP contribution in [0.5, 0.6) is 0 Å². The molecule has 0 saturated carbocycles. The van der Waals surface area contributed by atoms with Crippen LogP contribution < -0.4 is 10.6 Å². The normalized spacial score (nSPS) is 16.4. The predicted octanol–water partition coefficient (Wildman–Crippen LogP) is 2.24. The highest BCUT2D eigenvalue weighted by molar-refractivity contribution is 6.33. The van der Waals surface area contributed by atoms with Gasteiger partial charge in [0.15, 0.2) is 6.29 Å². The maximum Gasteiger partial charge on any atom is 0.217 e. The number of primary amides is 1. The van der Waals surface area contributed by atoms with Gasteiger partial charge in [-0.15, -0.1) is 0 Å². The van der Waals surface area contributed by atoms with E-state index in [4.69, 9.17) is 17.3 Å². The summed E-state index contributed by atoms with van der Waals surface area (Å²) in [6.45, 7) is 1.77. The Morgan fingerprint density at radius 2 is 2.11 bits per heavy atom. The molecule has 1 aromatic carbocycles. The van der Waals surface area contributed by atoms with Gasteiger partial charge in [-0.1, -0.05) is 11.6 Å². The lowest BCUT2D eigenvalue weighted by Crippen LogP contribution is -2.35. The minimum absolute atomic E-state index is 0.225. The van der Waals surface area contributed by atoms with E-state index in [9.17, 15) is 9.59 Å². The van der Waals surface area contributed by atoms with E-state index in [0.29, 0.717) is 22.9 Å². The fourth-order valence-electron chi connectivity index (χ4n) is 2.49. The molecule has 2 N–H and O–H groups in total. The van der Waals surface area contributed by atoms with Gasteiger partial charge in [0.25, 0.3) is 0 Å². The summed E-state index contributed by atoms with van der Waals surface area (Å²) in [4.78, 5) is 23.8. The van der Waals surface area contributed by atoms with Crippen molar-refractivity contribution >= 4 is 29.5 Å². The zero-order valence-electron chi connectivity index (χ0n) is 10.6. The van der Waals surface area contributed by atoms with Gasteiger partial charge in [0.1, 0.15) is 0 Å². The fourth-order valence-corrected chi connectivity index (χ4v) is 2.71. The molecule has 102 valence electrons. The number of amides is 1. The summed E-state index contributed by atoms with van der Waals surface area (Å²) in [5.41, 5.74) is 6.75. The zero-order chi connectivity index (χ0) is 13.8. The summed E-state index contributed by atoms with van der Waals surface area (Å²) in [6, 6.07) is 5.46. The maximum atomic E-state index is 10.9. The molecular weight excluding hydrogens is 264 g/mol. The largest absolute Gasteiger partial charge is 0.371 e. The Balaban J connectivity index is 1.99. The van der Waals surface area contributed by atoms with Crippen molar-refractivity contribution in [3.05, 3.63) is 28.8 Å². The molecule has 0 atom stereocenters. The van der Waals surface area contributed by atoms with E-state index in [1.54, 1.807) is 6.07 Å². The molecule has 0 spiro atoms. The molecule has 1 aromatic rings. The van der Waals surface area contributed by atoms with Crippen molar-refractivity contribution < 1.29 is 9.59 Å². The van der Waals surface area contributed by atoms with Gasteiger partial charge >= 0.3 is 0 Å². The minimum Gasteiger partial charge on any atom is -0.371 e. The molecule has 2 rings (SSSR count). The van der Waals surface area contributed by atoms with Crippen LogP contribution in [-0.4, -0.2) is 25.3 Å². The number of piperidine rings is 1. The van der Waals surface area contributed by atoms with Gasteiger partial charge in [-0.25, -0.2) is 0 Å². The number of aldehydes is 1. The van der Waals surface area contributed by atoms with Crippen LogP contribution in [0.15, 0.2) is 18.2 Å². The highest BCUT2D eigenvalue weighted by Gasteiger charge is 2.21. The van der Waals surface area contributed by atoms with Gasteiger partial charge in [-0.05, 0) is 37.0 Å². The molecule has 1 heterocycles. The first-order valence-electron chi connectivity index (χ1n) is 6.38. The van der Waals surface area contributed by atoms with Crippen molar-refractivity contribution in [3.63, 3.8) is 0 Å². The lowest BCUT2D eigenvalue weighted by Gasteiger charge is -2.33. The van der Waals surface area contributed by atoms with Crippen molar-refractivity contribution in [1.82, 2.24) is 0 Å². The maximum absolute atomic E-state index is 10.9. The molecule has 1 aliphatic heterocycles. The Bertz CT molecular complexity index is 482. The topological polar surface area (TPSA) is 63.4 Å². The first-order chi connectivity index (χ1) is 9.10. The van der Waals surface area contributed by atoms with Crippen LogP contribution in [0, 0.1) is 5.92 Å². The molecule has 0 radical (unpaired) electrons. The average molecular weight is 281 g/mol. The Kier molecular flexibility index (Phi) is 4.43. The van der Waals surface area contributed by atoms with Crippen LogP contribution in [0.1, 0.15) is 29.6 Å². The van der Waals surface area contributed by atoms with E-state index >= 15 is 0 Å². The smallest absolute Gasteiger partial charge is 0.217 e. The monoisotopic (exact) mass is 280 g/mol. The summed E-state index contributed by atoms with van der Waals surface area (Å²) in [6.07, 6.45) is 3.13. The van der Waals surface area contributed by atoms with Crippen molar-refractivity contribution in [3.8, 4) is 0 Å². The number of nitrogens with two attached hydrogens (primary N) is 1. The third-order valence-electron chi connectivity index (χ3n) is 3.58. The highest BCUT2D eigenvalue weighted by atomic mass is 35.5. The Morgan fingerprint density at radius 3 is 2.63 bits per heavy atom. The fraction of sp³-hybridized carbons (Fsp3) is 0.429. The van der Waals surface area contributed by atoms with Crippen LogP contribution in [0.3, 0.4) is 0 Å². The summed E-state index contributed by atoms with van der Waals surface area (Å²) in [5, 5.41) is 0.478. The first kappa shape index (κ1) is 13.9. The summed E-state index contributed by atoms with van der Waals surface area (Å²) >= 11 is 6.03. The van der Waals surface area contributed by atoms with Crippen LogP contribution in [0.4, 0.5) is 5.69 Å². The molecule has 1 saturated heterocycles. The highest BCUT2D eigenvalue weighted by Crippen LogP contribution is 2.28. The Labute approximate surface area is 117 Å². The molecule has 0 aliphatic carbocycles. The second-order valence-corrected chi connectivity index (χ2v) is 5.33. The van der Waals surface area contributed by atoms with Crippen LogP contribution in [0.25, 0.3) is 0 Å². The standard InChI is InChI=1S/C14H17ClN2O2/c15-13-8-12(2-1-11(13)9-18)17-5-3-10(4-6-17)7-14(16)19/h1-2,8-10H,3-7H2,(H2,16,19). The van der Waals surface area contributed by atoms with E-state index in [0.717, 1.165) is 37.9 Å².